The second-order valence-corrected chi connectivity index (χ2v) is 9.59. The fraction of sp³-hybridized carbons (Fsp3) is 0.389. The van der Waals surface area contributed by atoms with Crippen LogP contribution in [0.15, 0.2) is 40.6 Å². The largest absolute Gasteiger partial charge is 0.348 e. The van der Waals surface area contributed by atoms with E-state index in [9.17, 15) is 13.2 Å². The molecular weight excluding hydrogens is 406 g/mol. The number of nitrogens with zero attached hydrogens (tertiary/aromatic N) is 1. The predicted octanol–water partition coefficient (Wildman–Crippen LogP) is 2.01. The third-order valence-corrected chi connectivity index (χ3v) is 7.77. The van der Waals surface area contributed by atoms with Crippen molar-refractivity contribution in [2.75, 3.05) is 19.6 Å². The van der Waals surface area contributed by atoms with Crippen LogP contribution in [0.5, 0.6) is 0 Å². The molecule has 0 saturated carbocycles. The lowest BCUT2D eigenvalue weighted by molar-refractivity contribution is 0.0940. The first kappa shape index (κ1) is 20.3. The van der Waals surface area contributed by atoms with Gasteiger partial charge in [-0.3, -0.25) is 4.79 Å². The fourth-order valence-electron chi connectivity index (χ4n) is 3.42. The van der Waals surface area contributed by atoms with Gasteiger partial charge in [0.15, 0.2) is 0 Å². The molecule has 1 saturated heterocycles. The summed E-state index contributed by atoms with van der Waals surface area (Å²) in [7, 11) is -3.62. The van der Waals surface area contributed by atoms with Gasteiger partial charge in [-0.15, -0.1) is 23.7 Å². The minimum absolute atomic E-state index is 0. The van der Waals surface area contributed by atoms with E-state index in [0.717, 1.165) is 31.5 Å². The van der Waals surface area contributed by atoms with Crippen molar-refractivity contribution in [3.63, 3.8) is 0 Å². The number of sulfonamides is 1. The lowest BCUT2D eigenvalue weighted by atomic mass is 10.1. The molecule has 1 amide bonds. The van der Waals surface area contributed by atoms with Gasteiger partial charge in [0, 0.05) is 36.1 Å². The highest BCUT2D eigenvalue weighted by Gasteiger charge is 2.29. The Hall–Kier alpha value is -1.45. The van der Waals surface area contributed by atoms with E-state index in [4.69, 9.17) is 0 Å². The highest BCUT2D eigenvalue weighted by Crippen LogP contribution is 2.28. The van der Waals surface area contributed by atoms with Gasteiger partial charge >= 0.3 is 0 Å². The molecule has 27 heavy (non-hydrogen) atoms. The Kier molecular flexibility index (Phi) is 6.22. The zero-order valence-corrected chi connectivity index (χ0v) is 17.1. The van der Waals surface area contributed by atoms with E-state index in [-0.39, 0.29) is 29.3 Å². The summed E-state index contributed by atoms with van der Waals surface area (Å²) in [4.78, 5) is 13.9. The molecule has 146 valence electrons. The molecule has 0 spiro atoms. The van der Waals surface area contributed by atoms with Crippen LogP contribution >= 0.6 is 23.7 Å². The molecular formula is C18H22ClN3O3S2. The Morgan fingerprint density at radius 3 is 2.93 bits per heavy atom. The van der Waals surface area contributed by atoms with Crippen LogP contribution in [0, 0.1) is 0 Å². The molecule has 6 nitrogen and oxygen atoms in total. The van der Waals surface area contributed by atoms with E-state index in [1.54, 1.807) is 29.5 Å². The monoisotopic (exact) mass is 427 g/mol. The minimum atomic E-state index is -3.62. The number of hydrogen-bond donors (Lipinski definition) is 2. The van der Waals surface area contributed by atoms with Crippen molar-refractivity contribution < 1.29 is 13.2 Å². The maximum absolute atomic E-state index is 13.0. The number of nitrogens with one attached hydrogen (secondary N) is 2. The van der Waals surface area contributed by atoms with Crippen LogP contribution in [-0.2, 0) is 23.0 Å². The molecule has 1 fully saturated rings. The van der Waals surface area contributed by atoms with Crippen molar-refractivity contribution in [1.29, 1.82) is 0 Å². The first-order chi connectivity index (χ1) is 12.5. The predicted molar refractivity (Wildman–Crippen MR) is 108 cm³/mol. The number of thiophene rings is 1. The smallest absolute Gasteiger partial charge is 0.251 e. The van der Waals surface area contributed by atoms with Crippen molar-refractivity contribution in [3.8, 4) is 0 Å². The van der Waals surface area contributed by atoms with Crippen molar-refractivity contribution in [1.82, 2.24) is 14.9 Å². The Morgan fingerprint density at radius 1 is 1.30 bits per heavy atom. The molecule has 2 N–H and O–H groups in total. The normalized spacial score (nSPS) is 19.9. The summed E-state index contributed by atoms with van der Waals surface area (Å²) in [6, 6.07) is 8.42. The summed E-state index contributed by atoms with van der Waals surface area (Å²) >= 11 is 1.68. The van der Waals surface area contributed by atoms with E-state index in [1.165, 1.54) is 15.2 Å². The van der Waals surface area contributed by atoms with Crippen molar-refractivity contribution in [2.24, 2.45) is 0 Å². The fourth-order valence-corrected chi connectivity index (χ4v) is 5.78. The molecule has 2 aromatic rings. The number of rotatable bonds is 4. The second kappa shape index (κ2) is 8.28. The Labute approximate surface area is 169 Å². The molecule has 1 atom stereocenters. The molecule has 4 rings (SSSR count). The standard InChI is InChI=1S/C18H21N3O3S2.ClH/c22-18(20-15-4-7-19-11-15)13-2-1-3-16(10-13)26(23,24)21-8-5-17-14(12-21)6-9-25-17;/h1-3,6,9-10,15,19H,4-5,7-8,11-12H2,(H,20,22);1H. The Bertz CT molecular complexity index is 923. The molecule has 0 radical (unpaired) electrons. The molecule has 2 aliphatic rings. The first-order valence-corrected chi connectivity index (χ1v) is 11.0. The summed E-state index contributed by atoms with van der Waals surface area (Å²) in [6.07, 6.45) is 1.63. The molecule has 1 unspecified atom stereocenters. The second-order valence-electron chi connectivity index (χ2n) is 6.65. The number of hydrogen-bond acceptors (Lipinski definition) is 5. The number of carbonyl (C=O) groups is 1. The number of carbonyl (C=O) groups excluding carboxylic acids is 1. The van der Waals surface area contributed by atoms with E-state index < -0.39 is 10.0 Å². The van der Waals surface area contributed by atoms with Crippen molar-refractivity contribution in [3.05, 3.63) is 51.7 Å². The topological polar surface area (TPSA) is 78.5 Å². The molecule has 1 aromatic carbocycles. The number of benzene rings is 1. The summed E-state index contributed by atoms with van der Waals surface area (Å²) in [5, 5.41) is 8.16. The molecule has 0 aliphatic carbocycles. The Balaban J connectivity index is 0.00000210. The summed E-state index contributed by atoms with van der Waals surface area (Å²) in [5.74, 6) is -0.227. The lowest BCUT2D eigenvalue weighted by Gasteiger charge is -2.26. The van der Waals surface area contributed by atoms with Crippen LogP contribution in [-0.4, -0.2) is 44.3 Å². The first-order valence-electron chi connectivity index (χ1n) is 8.71. The minimum Gasteiger partial charge on any atom is -0.348 e. The van der Waals surface area contributed by atoms with Gasteiger partial charge in [-0.1, -0.05) is 6.07 Å². The van der Waals surface area contributed by atoms with Crippen molar-refractivity contribution in [2.45, 2.75) is 30.3 Å². The van der Waals surface area contributed by atoms with Crippen LogP contribution in [0.3, 0.4) is 0 Å². The third-order valence-electron chi connectivity index (χ3n) is 4.90. The average Bonchev–Trinajstić information content (AvgIpc) is 3.32. The highest BCUT2D eigenvalue weighted by atomic mass is 35.5. The van der Waals surface area contributed by atoms with Crippen molar-refractivity contribution >= 4 is 39.7 Å². The molecule has 9 heteroatoms. The SMILES string of the molecule is Cl.O=C(NC1CCNC1)c1cccc(S(=O)(=O)N2CCc3sccc3C2)c1. The van der Waals surface area contributed by atoms with Gasteiger partial charge in [-0.05, 0) is 54.6 Å². The average molecular weight is 428 g/mol. The van der Waals surface area contributed by atoms with Gasteiger partial charge in [0.25, 0.3) is 5.91 Å². The maximum Gasteiger partial charge on any atom is 0.251 e. The van der Waals surface area contributed by atoms with E-state index in [1.807, 2.05) is 11.4 Å². The number of fused-ring (bicyclic) bond motifs is 1. The summed E-state index contributed by atoms with van der Waals surface area (Å²) < 4.78 is 27.6. The van der Waals surface area contributed by atoms with Gasteiger partial charge in [0.05, 0.1) is 4.90 Å². The van der Waals surface area contributed by atoms with Crippen LogP contribution < -0.4 is 10.6 Å². The summed E-state index contributed by atoms with van der Waals surface area (Å²) in [5.41, 5.74) is 1.46. The molecule has 3 heterocycles. The number of halogens is 1. The Morgan fingerprint density at radius 2 is 2.15 bits per heavy atom. The van der Waals surface area contributed by atoms with E-state index in [0.29, 0.717) is 18.7 Å². The van der Waals surface area contributed by atoms with Crippen LogP contribution in [0.2, 0.25) is 0 Å². The zero-order chi connectivity index (χ0) is 18.1. The lowest BCUT2D eigenvalue weighted by Crippen LogP contribution is -2.37. The van der Waals surface area contributed by atoms with Gasteiger partial charge < -0.3 is 10.6 Å². The van der Waals surface area contributed by atoms with E-state index in [2.05, 4.69) is 10.6 Å². The quantitative estimate of drug-likeness (QED) is 0.782. The molecule has 2 aliphatic heterocycles. The van der Waals surface area contributed by atoms with E-state index >= 15 is 0 Å². The zero-order valence-electron chi connectivity index (χ0n) is 14.7. The molecule has 1 aromatic heterocycles. The number of amides is 1. The molecule has 0 bridgehead atoms. The van der Waals surface area contributed by atoms with Crippen LogP contribution in [0.25, 0.3) is 0 Å². The van der Waals surface area contributed by atoms with Gasteiger partial charge in [-0.25, -0.2) is 8.42 Å². The van der Waals surface area contributed by atoms with Gasteiger partial charge in [0.2, 0.25) is 10.0 Å². The van der Waals surface area contributed by atoms with Gasteiger partial charge in [-0.2, -0.15) is 4.31 Å². The van der Waals surface area contributed by atoms with Crippen LogP contribution in [0.4, 0.5) is 0 Å². The van der Waals surface area contributed by atoms with Gasteiger partial charge in [0.1, 0.15) is 0 Å². The summed E-state index contributed by atoms with van der Waals surface area (Å²) in [6.45, 7) is 2.50. The third kappa shape index (κ3) is 4.20. The maximum atomic E-state index is 13.0. The van der Waals surface area contributed by atoms with Crippen LogP contribution in [0.1, 0.15) is 27.2 Å². The highest BCUT2D eigenvalue weighted by molar-refractivity contribution is 7.89.